The molecule has 1 N–H and O–H groups in total. The van der Waals surface area contributed by atoms with Crippen LogP contribution in [-0.4, -0.2) is 56.0 Å². The molecule has 0 aromatic heterocycles. The number of likely N-dealkylation sites (tertiary alicyclic amines) is 1. The number of alkyl carbamates (subject to hydrolysis) is 1. The van der Waals surface area contributed by atoms with Crippen LogP contribution < -0.4 is 5.32 Å². The molecule has 2 unspecified atom stereocenters. The number of methoxy groups -OCH3 is 1. The average Bonchev–Trinajstić information content (AvgIpc) is 2.13. The predicted octanol–water partition coefficient (Wildman–Crippen LogP) is 1.23. The van der Waals surface area contributed by atoms with Gasteiger partial charge in [0, 0.05) is 26.2 Å². The highest BCUT2D eigenvalue weighted by atomic mass is 16.6. The van der Waals surface area contributed by atoms with Crippen molar-refractivity contribution in [3.63, 3.8) is 0 Å². The smallest absolute Gasteiger partial charge is 0.407 e. The first-order chi connectivity index (χ1) is 7.80. The van der Waals surface area contributed by atoms with Gasteiger partial charge in [0.1, 0.15) is 5.60 Å². The Morgan fingerprint density at radius 1 is 1.35 bits per heavy atom. The maximum Gasteiger partial charge on any atom is 0.407 e. The van der Waals surface area contributed by atoms with Crippen LogP contribution in [0.4, 0.5) is 4.79 Å². The largest absolute Gasteiger partial charge is 0.444 e. The number of hydrogen-bond donors (Lipinski definition) is 1. The van der Waals surface area contributed by atoms with Crippen molar-refractivity contribution in [2.24, 2.45) is 0 Å². The highest BCUT2D eigenvalue weighted by Gasteiger charge is 2.27. The van der Waals surface area contributed by atoms with Gasteiger partial charge in [-0.1, -0.05) is 0 Å². The van der Waals surface area contributed by atoms with Gasteiger partial charge in [0.2, 0.25) is 0 Å². The number of carbonyl (C=O) groups excluding carboxylic acids is 1. The Labute approximate surface area is 103 Å². The van der Waals surface area contributed by atoms with E-state index in [9.17, 15) is 4.79 Å². The van der Waals surface area contributed by atoms with Crippen LogP contribution in [0.2, 0.25) is 0 Å². The minimum atomic E-state index is -0.453. The molecule has 0 aliphatic carbocycles. The van der Waals surface area contributed by atoms with Gasteiger partial charge < -0.3 is 19.7 Å². The van der Waals surface area contributed by atoms with Gasteiger partial charge in [-0.15, -0.1) is 0 Å². The Kier molecular flexibility index (Phi) is 4.77. The second-order valence-corrected chi connectivity index (χ2v) is 5.66. The molecule has 2 atom stereocenters. The minimum Gasteiger partial charge on any atom is -0.444 e. The van der Waals surface area contributed by atoms with Crippen LogP contribution in [0, 0.1) is 0 Å². The lowest BCUT2D eigenvalue weighted by Gasteiger charge is -2.35. The van der Waals surface area contributed by atoms with Crippen LogP contribution in [0.1, 0.15) is 27.2 Å². The van der Waals surface area contributed by atoms with Crippen molar-refractivity contribution in [1.82, 2.24) is 10.2 Å². The van der Waals surface area contributed by atoms with Gasteiger partial charge in [0.25, 0.3) is 0 Å². The Balaban J connectivity index is 2.42. The zero-order valence-electron chi connectivity index (χ0n) is 11.4. The Hall–Kier alpha value is -0.810. The third kappa shape index (κ3) is 5.37. The van der Waals surface area contributed by atoms with E-state index in [1.807, 2.05) is 27.8 Å². The van der Waals surface area contributed by atoms with E-state index in [0.29, 0.717) is 0 Å². The molecule has 0 bridgehead atoms. The molecule has 0 saturated carbocycles. The van der Waals surface area contributed by atoms with Gasteiger partial charge in [0.05, 0.1) is 6.10 Å². The fourth-order valence-corrected chi connectivity index (χ4v) is 2.01. The number of nitrogens with zero attached hydrogens (tertiary/aromatic N) is 1. The highest BCUT2D eigenvalue weighted by molar-refractivity contribution is 5.68. The molecule has 5 nitrogen and oxygen atoms in total. The van der Waals surface area contributed by atoms with Crippen molar-refractivity contribution in [1.29, 1.82) is 0 Å². The first-order valence-corrected chi connectivity index (χ1v) is 6.01. The van der Waals surface area contributed by atoms with Crippen molar-refractivity contribution >= 4 is 6.09 Å². The van der Waals surface area contributed by atoms with E-state index < -0.39 is 5.60 Å². The molecule has 1 amide bonds. The molecule has 0 radical (unpaired) electrons. The number of ether oxygens (including phenoxy) is 2. The Bertz CT molecular complexity index is 263. The molecule has 1 fully saturated rings. The molecular formula is C12H24N2O3. The van der Waals surface area contributed by atoms with E-state index in [1.165, 1.54) is 0 Å². The van der Waals surface area contributed by atoms with E-state index >= 15 is 0 Å². The molecule has 5 heteroatoms. The van der Waals surface area contributed by atoms with Gasteiger partial charge in [0.15, 0.2) is 0 Å². The predicted molar refractivity (Wildman–Crippen MR) is 66.1 cm³/mol. The first kappa shape index (κ1) is 14.3. The van der Waals surface area contributed by atoms with Gasteiger partial charge in [-0.25, -0.2) is 4.79 Å². The summed E-state index contributed by atoms with van der Waals surface area (Å²) in [4.78, 5) is 13.8. The number of likely N-dealkylation sites (N-methyl/N-ethyl adjacent to an activating group) is 1. The second kappa shape index (κ2) is 5.69. The molecule has 100 valence electrons. The van der Waals surface area contributed by atoms with Gasteiger partial charge in [-0.2, -0.15) is 0 Å². The van der Waals surface area contributed by atoms with E-state index in [-0.39, 0.29) is 18.2 Å². The van der Waals surface area contributed by atoms with E-state index in [4.69, 9.17) is 9.47 Å². The summed E-state index contributed by atoms with van der Waals surface area (Å²) in [6.45, 7) is 7.31. The number of rotatable bonds is 2. The SMILES string of the molecule is COC1CC(NC(=O)OC(C)(C)C)CN(C)C1. The summed E-state index contributed by atoms with van der Waals surface area (Å²) in [5.41, 5.74) is -0.453. The molecule has 0 spiro atoms. The summed E-state index contributed by atoms with van der Waals surface area (Å²) in [5.74, 6) is 0. The molecular weight excluding hydrogens is 220 g/mol. The molecule has 1 heterocycles. The maximum atomic E-state index is 11.6. The standard InChI is InChI=1S/C12H24N2O3/c1-12(2,3)17-11(15)13-9-6-10(16-5)8-14(4)7-9/h9-10H,6-8H2,1-5H3,(H,13,15). The summed E-state index contributed by atoms with van der Waals surface area (Å²) in [6, 6.07) is 0.0912. The second-order valence-electron chi connectivity index (χ2n) is 5.66. The number of piperidine rings is 1. The van der Waals surface area contributed by atoms with E-state index in [2.05, 4.69) is 10.2 Å². The van der Waals surface area contributed by atoms with Crippen molar-refractivity contribution in [3.8, 4) is 0 Å². The number of amides is 1. The molecule has 1 aliphatic heterocycles. The van der Waals surface area contributed by atoms with Crippen molar-refractivity contribution < 1.29 is 14.3 Å². The summed E-state index contributed by atoms with van der Waals surface area (Å²) < 4.78 is 10.6. The van der Waals surface area contributed by atoms with Crippen LogP contribution in [0.5, 0.6) is 0 Å². The van der Waals surface area contributed by atoms with Crippen LogP contribution in [0.3, 0.4) is 0 Å². The van der Waals surface area contributed by atoms with Crippen LogP contribution >= 0.6 is 0 Å². The fraction of sp³-hybridized carbons (Fsp3) is 0.917. The van der Waals surface area contributed by atoms with Crippen molar-refractivity contribution in [3.05, 3.63) is 0 Å². The number of hydrogen-bond acceptors (Lipinski definition) is 4. The zero-order valence-corrected chi connectivity index (χ0v) is 11.4. The lowest BCUT2D eigenvalue weighted by atomic mass is 10.0. The van der Waals surface area contributed by atoms with E-state index in [0.717, 1.165) is 19.5 Å². The maximum absolute atomic E-state index is 11.6. The molecule has 1 rings (SSSR count). The third-order valence-corrected chi connectivity index (χ3v) is 2.65. The quantitative estimate of drug-likeness (QED) is 0.794. The average molecular weight is 244 g/mol. The van der Waals surface area contributed by atoms with Gasteiger partial charge in [-0.3, -0.25) is 0 Å². The molecule has 17 heavy (non-hydrogen) atoms. The van der Waals surface area contributed by atoms with Crippen molar-refractivity contribution in [2.75, 3.05) is 27.2 Å². The summed E-state index contributed by atoms with van der Waals surface area (Å²) in [5, 5.41) is 2.89. The molecule has 1 saturated heterocycles. The molecule has 0 aromatic rings. The van der Waals surface area contributed by atoms with E-state index in [1.54, 1.807) is 7.11 Å². The highest BCUT2D eigenvalue weighted by Crippen LogP contribution is 2.13. The minimum absolute atomic E-state index is 0.0912. The van der Waals surface area contributed by atoms with Crippen molar-refractivity contribution in [2.45, 2.75) is 44.9 Å². The summed E-state index contributed by atoms with van der Waals surface area (Å²) in [7, 11) is 3.73. The molecule has 1 aliphatic rings. The first-order valence-electron chi connectivity index (χ1n) is 6.01. The lowest BCUT2D eigenvalue weighted by molar-refractivity contribution is 0.0178. The van der Waals surface area contributed by atoms with Crippen LogP contribution in [0.15, 0.2) is 0 Å². The van der Waals surface area contributed by atoms with Gasteiger partial charge >= 0.3 is 6.09 Å². The fourth-order valence-electron chi connectivity index (χ4n) is 2.01. The normalized spacial score (nSPS) is 26.6. The summed E-state index contributed by atoms with van der Waals surface area (Å²) in [6.07, 6.45) is 0.654. The van der Waals surface area contributed by atoms with Crippen LogP contribution in [0.25, 0.3) is 0 Å². The lowest BCUT2D eigenvalue weighted by Crippen LogP contribution is -2.52. The van der Waals surface area contributed by atoms with Crippen LogP contribution in [-0.2, 0) is 9.47 Å². The number of carbonyl (C=O) groups is 1. The summed E-state index contributed by atoms with van der Waals surface area (Å²) >= 11 is 0. The monoisotopic (exact) mass is 244 g/mol. The number of nitrogens with one attached hydrogen (secondary N) is 1. The molecule has 0 aromatic carbocycles. The zero-order chi connectivity index (χ0) is 13.1. The Morgan fingerprint density at radius 2 is 2.00 bits per heavy atom. The topological polar surface area (TPSA) is 50.8 Å². The van der Waals surface area contributed by atoms with Gasteiger partial charge in [-0.05, 0) is 34.2 Å². The Morgan fingerprint density at radius 3 is 2.53 bits per heavy atom. The third-order valence-electron chi connectivity index (χ3n) is 2.65.